The Morgan fingerprint density at radius 1 is 1.07 bits per heavy atom. The van der Waals surface area contributed by atoms with Crippen LogP contribution in [0.3, 0.4) is 0 Å². The van der Waals surface area contributed by atoms with Crippen LogP contribution in [0.1, 0.15) is 83.8 Å². The van der Waals surface area contributed by atoms with E-state index < -0.39 is 53.7 Å². The second-order valence-electron chi connectivity index (χ2n) is 16.0. The molecule has 0 bridgehead atoms. The second-order valence-corrected chi connectivity index (χ2v) is 16.9. The van der Waals surface area contributed by atoms with Crippen LogP contribution in [-0.4, -0.2) is 132 Å². The molecule has 9 atom stereocenters. The van der Waals surface area contributed by atoms with Gasteiger partial charge < -0.3 is 35.0 Å². The number of likely N-dealkylation sites (N-methyl/N-ethyl adjacent to an activating group) is 2. The SMILES string of the molecule is C=C(C)[C@@H](C(=O)N[C@H](C(=O)N(C)[C@@H]([C@@H](C)CC)[C@@H](CC(=O)N1CCC[C@H]1[C@H](OC)[C@@H](C)C(=O)N[C@@H](Cc1ccccc1)c1nccs1)OC)C(C)(C)O)N(C)C. The summed E-state index contributed by atoms with van der Waals surface area (Å²) >= 11 is 1.49. The van der Waals surface area contributed by atoms with Crippen molar-refractivity contribution in [1.82, 2.24) is 30.3 Å². The van der Waals surface area contributed by atoms with Crippen LogP contribution in [-0.2, 0) is 35.1 Å². The fourth-order valence-electron chi connectivity index (χ4n) is 7.93. The molecule has 0 spiro atoms. The lowest BCUT2D eigenvalue weighted by Gasteiger charge is -2.42. The number of carbonyl (C=O) groups excluding carboxylic acids is 4. The summed E-state index contributed by atoms with van der Waals surface area (Å²) in [6.07, 6.45) is 3.08. The Bertz CT molecular complexity index is 1580. The predicted molar refractivity (Wildman–Crippen MR) is 220 cm³/mol. The van der Waals surface area contributed by atoms with Gasteiger partial charge in [0.25, 0.3) is 0 Å². The number of nitrogens with one attached hydrogen (secondary N) is 2. The Balaban J connectivity index is 1.82. The third-order valence-corrected chi connectivity index (χ3v) is 12.0. The molecule has 0 saturated carbocycles. The summed E-state index contributed by atoms with van der Waals surface area (Å²) in [6, 6.07) is 6.70. The van der Waals surface area contributed by atoms with Crippen molar-refractivity contribution in [1.29, 1.82) is 0 Å². The highest BCUT2D eigenvalue weighted by atomic mass is 32.1. The Kier molecular flexibility index (Phi) is 17.7. The fourth-order valence-corrected chi connectivity index (χ4v) is 8.62. The number of amides is 4. The number of aliphatic hydroxyl groups is 1. The number of aromatic nitrogens is 1. The average molecular weight is 799 g/mol. The fraction of sp³-hybridized carbons (Fsp3) is 0.643. The molecule has 1 aliphatic heterocycles. The maximum atomic E-state index is 14.3. The van der Waals surface area contributed by atoms with Gasteiger partial charge in [-0.2, -0.15) is 0 Å². The lowest BCUT2D eigenvalue weighted by atomic mass is 9.88. The number of thiazole rings is 1. The van der Waals surface area contributed by atoms with E-state index in [1.165, 1.54) is 37.2 Å². The molecule has 14 heteroatoms. The van der Waals surface area contributed by atoms with Gasteiger partial charge in [-0.15, -0.1) is 11.3 Å². The first-order chi connectivity index (χ1) is 26.4. The number of nitrogens with zero attached hydrogens (tertiary/aromatic N) is 4. The Morgan fingerprint density at radius 2 is 1.73 bits per heavy atom. The summed E-state index contributed by atoms with van der Waals surface area (Å²) in [6.45, 7) is 14.9. The highest BCUT2D eigenvalue weighted by Crippen LogP contribution is 2.31. The van der Waals surface area contributed by atoms with Crippen molar-refractivity contribution in [3.63, 3.8) is 0 Å². The van der Waals surface area contributed by atoms with Gasteiger partial charge in [0.15, 0.2) is 0 Å². The van der Waals surface area contributed by atoms with Gasteiger partial charge in [-0.05, 0) is 65.6 Å². The first-order valence-corrected chi connectivity index (χ1v) is 20.5. The molecule has 1 aromatic carbocycles. The van der Waals surface area contributed by atoms with Crippen molar-refractivity contribution in [2.45, 2.75) is 122 Å². The largest absolute Gasteiger partial charge is 0.388 e. The van der Waals surface area contributed by atoms with Crippen molar-refractivity contribution in [3.8, 4) is 0 Å². The van der Waals surface area contributed by atoms with Gasteiger partial charge in [0.1, 0.15) is 17.1 Å². The normalized spacial score (nSPS) is 18.9. The van der Waals surface area contributed by atoms with Crippen LogP contribution in [0.4, 0.5) is 0 Å². The Hall–Kier alpha value is -3.69. The second kappa shape index (κ2) is 21.2. The molecule has 312 valence electrons. The summed E-state index contributed by atoms with van der Waals surface area (Å²) in [4.78, 5) is 65.4. The van der Waals surface area contributed by atoms with Gasteiger partial charge in [0.2, 0.25) is 23.6 Å². The van der Waals surface area contributed by atoms with Crippen LogP contribution >= 0.6 is 11.3 Å². The maximum Gasteiger partial charge on any atom is 0.248 e. The number of hydrogen-bond acceptors (Lipinski definition) is 10. The van der Waals surface area contributed by atoms with E-state index in [1.54, 1.807) is 51.2 Å². The summed E-state index contributed by atoms with van der Waals surface area (Å²) in [5.41, 5.74) is 0.0501. The van der Waals surface area contributed by atoms with Crippen molar-refractivity contribution >= 4 is 35.0 Å². The molecule has 1 aliphatic rings. The first-order valence-electron chi connectivity index (χ1n) is 19.6. The topological polar surface area (TPSA) is 154 Å². The van der Waals surface area contributed by atoms with E-state index in [9.17, 15) is 24.3 Å². The third kappa shape index (κ3) is 11.9. The van der Waals surface area contributed by atoms with E-state index in [0.717, 1.165) is 17.0 Å². The van der Waals surface area contributed by atoms with Crippen LogP contribution in [0, 0.1) is 11.8 Å². The van der Waals surface area contributed by atoms with E-state index in [2.05, 4.69) is 22.2 Å². The summed E-state index contributed by atoms with van der Waals surface area (Å²) in [5.74, 6) is -2.02. The van der Waals surface area contributed by atoms with Crippen LogP contribution in [0.2, 0.25) is 0 Å². The molecule has 3 N–H and O–H groups in total. The molecule has 2 aromatic rings. The number of likely N-dealkylation sites (tertiary alicyclic amines) is 1. The zero-order valence-corrected chi connectivity index (χ0v) is 36.1. The van der Waals surface area contributed by atoms with Gasteiger partial charge in [-0.3, -0.25) is 24.1 Å². The molecule has 13 nitrogen and oxygen atoms in total. The minimum absolute atomic E-state index is 0.0300. The lowest BCUT2D eigenvalue weighted by Crippen LogP contribution is -2.63. The molecule has 0 radical (unpaired) electrons. The zero-order valence-electron chi connectivity index (χ0n) is 35.3. The van der Waals surface area contributed by atoms with Gasteiger partial charge in [0, 0.05) is 39.4 Å². The molecular formula is C42H66N6O7S. The van der Waals surface area contributed by atoms with Crippen LogP contribution in [0.5, 0.6) is 0 Å². The number of hydrogen-bond donors (Lipinski definition) is 3. The molecule has 4 amide bonds. The highest BCUT2D eigenvalue weighted by molar-refractivity contribution is 7.09. The average Bonchev–Trinajstić information content (AvgIpc) is 3.86. The molecule has 2 heterocycles. The standard InChI is InChI=1S/C42H66N6O7S/c1-13-27(4)35(47(10)41(52)37(42(6,7)53)45-39(51)34(26(2)3)46(8)9)32(54-11)25-33(49)48-22-17-20-31(48)36(55-12)28(5)38(50)44-30(40-43-21-23-56-40)24-29-18-15-14-16-19-29/h14-16,18-19,21,23,27-28,30-32,34-37,53H,2,13,17,20,22,24-25H2,1,3-12H3,(H,44,50)(H,45,51)/t27-,28+,30-,31-,32+,34-,35-,36+,37+/m0/s1. The molecule has 0 unspecified atom stereocenters. The van der Waals surface area contributed by atoms with E-state index in [0.29, 0.717) is 31.4 Å². The maximum absolute atomic E-state index is 14.3. The van der Waals surface area contributed by atoms with Gasteiger partial charge in [-0.25, -0.2) is 4.98 Å². The Morgan fingerprint density at radius 3 is 2.25 bits per heavy atom. The number of carbonyl (C=O) groups is 4. The highest BCUT2D eigenvalue weighted by Gasteiger charge is 2.45. The van der Waals surface area contributed by atoms with Crippen LogP contribution in [0.25, 0.3) is 0 Å². The summed E-state index contributed by atoms with van der Waals surface area (Å²) in [5, 5.41) is 19.9. The number of benzene rings is 1. The van der Waals surface area contributed by atoms with Gasteiger partial charge in [-0.1, -0.05) is 69.7 Å². The molecule has 3 rings (SSSR count). The van der Waals surface area contributed by atoms with Crippen LogP contribution < -0.4 is 10.6 Å². The third-order valence-electron chi connectivity index (χ3n) is 11.1. The molecule has 0 aliphatic carbocycles. The number of rotatable bonds is 21. The van der Waals surface area contributed by atoms with Crippen molar-refractivity contribution in [3.05, 3.63) is 64.6 Å². The van der Waals surface area contributed by atoms with E-state index in [1.807, 2.05) is 56.5 Å². The van der Waals surface area contributed by atoms with E-state index >= 15 is 0 Å². The monoisotopic (exact) mass is 798 g/mol. The number of methoxy groups -OCH3 is 2. The molecular weight excluding hydrogens is 733 g/mol. The molecule has 1 fully saturated rings. The molecule has 1 aromatic heterocycles. The van der Waals surface area contributed by atoms with Crippen molar-refractivity contribution in [2.75, 3.05) is 41.9 Å². The minimum atomic E-state index is -1.62. The molecule has 56 heavy (non-hydrogen) atoms. The van der Waals surface area contributed by atoms with E-state index in [4.69, 9.17) is 9.47 Å². The zero-order chi connectivity index (χ0) is 41.9. The van der Waals surface area contributed by atoms with Crippen molar-refractivity contribution < 1.29 is 33.8 Å². The Labute approximate surface area is 338 Å². The minimum Gasteiger partial charge on any atom is -0.388 e. The lowest BCUT2D eigenvalue weighted by molar-refractivity contribution is -0.151. The van der Waals surface area contributed by atoms with E-state index in [-0.39, 0.29) is 36.2 Å². The van der Waals surface area contributed by atoms with Crippen molar-refractivity contribution in [2.24, 2.45) is 11.8 Å². The summed E-state index contributed by atoms with van der Waals surface area (Å²) in [7, 11) is 8.21. The molecule has 1 saturated heterocycles. The predicted octanol–water partition coefficient (Wildman–Crippen LogP) is 4.23. The van der Waals surface area contributed by atoms with Gasteiger partial charge in [0.05, 0.1) is 48.3 Å². The van der Waals surface area contributed by atoms with Crippen LogP contribution in [0.15, 0.2) is 54.1 Å². The number of ether oxygens (including phenoxy) is 2. The van der Waals surface area contributed by atoms with Gasteiger partial charge >= 0.3 is 0 Å². The first kappa shape index (κ1) is 46.7. The quantitative estimate of drug-likeness (QED) is 0.158. The summed E-state index contributed by atoms with van der Waals surface area (Å²) < 4.78 is 12.0. The smallest absolute Gasteiger partial charge is 0.248 e.